The molecule has 3 rings (SSSR count). The number of hydrogen-bond donors (Lipinski definition) is 0. The van der Waals surface area contributed by atoms with Crippen LogP contribution in [0.1, 0.15) is 11.7 Å². The van der Waals surface area contributed by atoms with Gasteiger partial charge >= 0.3 is 0 Å². The Hall–Kier alpha value is -3.10. The molecule has 0 saturated heterocycles. The summed E-state index contributed by atoms with van der Waals surface area (Å²) in [6, 6.07) is 7.78. The second-order valence-corrected chi connectivity index (χ2v) is 5.95. The summed E-state index contributed by atoms with van der Waals surface area (Å²) < 4.78 is 9.04. The lowest BCUT2D eigenvalue weighted by atomic mass is 10.1. The zero-order valence-electron chi connectivity index (χ0n) is 15.0. The van der Waals surface area contributed by atoms with E-state index in [1.54, 1.807) is 29.1 Å². The third kappa shape index (κ3) is 3.25. The highest BCUT2D eigenvalue weighted by Gasteiger charge is 2.23. The Morgan fingerprint density at radius 3 is 1.84 bits per heavy atom. The zero-order valence-corrected chi connectivity index (χ0v) is 15.0. The van der Waals surface area contributed by atoms with Crippen LogP contribution in [0.3, 0.4) is 0 Å². The molecule has 0 fully saturated rings. The number of para-hydroxylation sites is 1. The first-order valence-corrected chi connectivity index (χ1v) is 7.81. The largest absolute Gasteiger partial charge is 0.496 e. The van der Waals surface area contributed by atoms with Crippen LogP contribution < -0.4 is 14.5 Å². The predicted octanol–water partition coefficient (Wildman–Crippen LogP) is 1.11. The number of methoxy groups -OCH3 is 1. The summed E-state index contributed by atoms with van der Waals surface area (Å²) in [7, 11) is 9.25. The van der Waals surface area contributed by atoms with Crippen molar-refractivity contribution in [2.75, 3.05) is 45.1 Å². The highest BCUT2D eigenvalue weighted by molar-refractivity contribution is 5.37. The van der Waals surface area contributed by atoms with E-state index in [4.69, 9.17) is 4.74 Å². The van der Waals surface area contributed by atoms with Crippen molar-refractivity contribution < 1.29 is 4.74 Å². The minimum atomic E-state index is -0.362. The Bertz CT molecular complexity index is 792. The van der Waals surface area contributed by atoms with Crippen molar-refractivity contribution in [3.05, 3.63) is 42.5 Å². The number of ether oxygens (including phenoxy) is 1. The summed E-state index contributed by atoms with van der Waals surface area (Å²) in [5.74, 6) is 1.98. The normalized spacial score (nSPS) is 11.0. The van der Waals surface area contributed by atoms with Crippen molar-refractivity contribution in [2.24, 2.45) is 0 Å². The minimum absolute atomic E-state index is 0.362. The standard InChI is InChI=1S/C16H22N8O/c1-21(2)15-17-10-23(19-15)14(12-8-6-7-9-13(12)25-5)24-11-18-16(20-24)22(3)4/h6-11,14H,1-5H3. The van der Waals surface area contributed by atoms with E-state index < -0.39 is 0 Å². The van der Waals surface area contributed by atoms with Gasteiger partial charge in [0.25, 0.3) is 0 Å². The van der Waals surface area contributed by atoms with E-state index in [2.05, 4.69) is 20.2 Å². The van der Waals surface area contributed by atoms with Gasteiger partial charge in [0.15, 0.2) is 6.17 Å². The van der Waals surface area contributed by atoms with E-state index in [0.717, 1.165) is 11.3 Å². The fourth-order valence-electron chi connectivity index (χ4n) is 2.46. The molecule has 9 nitrogen and oxygen atoms in total. The first-order valence-electron chi connectivity index (χ1n) is 7.81. The van der Waals surface area contributed by atoms with Crippen molar-refractivity contribution >= 4 is 11.9 Å². The van der Waals surface area contributed by atoms with Crippen LogP contribution in [0.4, 0.5) is 11.9 Å². The second kappa shape index (κ2) is 6.80. The lowest BCUT2D eigenvalue weighted by Gasteiger charge is -2.20. The Morgan fingerprint density at radius 2 is 1.40 bits per heavy atom. The quantitative estimate of drug-likeness (QED) is 0.664. The van der Waals surface area contributed by atoms with Crippen molar-refractivity contribution in [1.82, 2.24) is 29.5 Å². The molecule has 1 aromatic carbocycles. The van der Waals surface area contributed by atoms with Gasteiger partial charge in [-0.25, -0.2) is 19.3 Å². The van der Waals surface area contributed by atoms with Crippen molar-refractivity contribution in [3.8, 4) is 5.75 Å². The molecule has 0 spiro atoms. The molecule has 0 unspecified atom stereocenters. The third-order valence-corrected chi connectivity index (χ3v) is 3.71. The monoisotopic (exact) mass is 342 g/mol. The van der Waals surface area contributed by atoms with Crippen LogP contribution in [0.15, 0.2) is 36.9 Å². The molecule has 0 aliphatic heterocycles. The molecule has 3 aromatic rings. The van der Waals surface area contributed by atoms with Crippen molar-refractivity contribution in [3.63, 3.8) is 0 Å². The molecule has 0 atom stereocenters. The van der Waals surface area contributed by atoms with Crippen LogP contribution in [0, 0.1) is 0 Å². The first-order chi connectivity index (χ1) is 12.0. The maximum absolute atomic E-state index is 5.53. The highest BCUT2D eigenvalue weighted by atomic mass is 16.5. The van der Waals surface area contributed by atoms with Gasteiger partial charge in [-0.2, -0.15) is 0 Å². The van der Waals surface area contributed by atoms with Gasteiger partial charge in [-0.15, -0.1) is 10.2 Å². The van der Waals surface area contributed by atoms with Crippen LogP contribution in [0.2, 0.25) is 0 Å². The van der Waals surface area contributed by atoms with Gasteiger partial charge in [-0.1, -0.05) is 18.2 Å². The summed E-state index contributed by atoms with van der Waals surface area (Å²) in [5.41, 5.74) is 0.912. The molecule has 0 N–H and O–H groups in total. The first kappa shape index (κ1) is 16.7. The van der Waals surface area contributed by atoms with E-state index in [-0.39, 0.29) is 6.17 Å². The van der Waals surface area contributed by atoms with E-state index in [1.165, 1.54) is 0 Å². The number of aromatic nitrogens is 6. The van der Waals surface area contributed by atoms with Gasteiger partial charge in [-0.3, -0.25) is 0 Å². The average molecular weight is 342 g/mol. The second-order valence-electron chi connectivity index (χ2n) is 5.95. The Kier molecular flexibility index (Phi) is 4.55. The minimum Gasteiger partial charge on any atom is -0.496 e. The van der Waals surface area contributed by atoms with Gasteiger partial charge in [0, 0.05) is 33.8 Å². The summed E-state index contributed by atoms with van der Waals surface area (Å²) >= 11 is 0. The van der Waals surface area contributed by atoms with Crippen LogP contribution in [0.25, 0.3) is 0 Å². The molecule has 132 valence electrons. The average Bonchev–Trinajstić information content (AvgIpc) is 3.26. The zero-order chi connectivity index (χ0) is 18.0. The number of benzene rings is 1. The smallest absolute Gasteiger partial charge is 0.244 e. The van der Waals surface area contributed by atoms with Crippen LogP contribution >= 0.6 is 0 Å². The molecule has 0 aliphatic carbocycles. The topological polar surface area (TPSA) is 77.1 Å². The van der Waals surface area contributed by atoms with Crippen molar-refractivity contribution in [2.45, 2.75) is 6.17 Å². The Labute approximate surface area is 146 Å². The lowest BCUT2D eigenvalue weighted by Crippen LogP contribution is -2.22. The van der Waals surface area contributed by atoms with Gasteiger partial charge in [0.05, 0.1) is 7.11 Å². The molecular weight excluding hydrogens is 320 g/mol. The molecule has 9 heteroatoms. The van der Waals surface area contributed by atoms with E-state index in [0.29, 0.717) is 11.9 Å². The number of nitrogens with zero attached hydrogens (tertiary/aromatic N) is 8. The van der Waals surface area contributed by atoms with E-state index in [1.807, 2.05) is 62.3 Å². The molecule has 0 bridgehead atoms. The SMILES string of the molecule is COc1ccccc1C(n1cnc(N(C)C)n1)n1cnc(N(C)C)n1. The van der Waals surface area contributed by atoms with E-state index in [9.17, 15) is 0 Å². The summed E-state index contributed by atoms with van der Waals surface area (Å²) in [6.07, 6.45) is 3.01. The third-order valence-electron chi connectivity index (χ3n) is 3.71. The van der Waals surface area contributed by atoms with Crippen molar-refractivity contribution in [1.29, 1.82) is 0 Å². The number of anilines is 2. The molecular formula is C16H22N8O. The molecule has 25 heavy (non-hydrogen) atoms. The molecule has 0 saturated carbocycles. The molecule has 0 aliphatic rings. The fraction of sp³-hybridized carbons (Fsp3) is 0.375. The van der Waals surface area contributed by atoms with Gasteiger partial charge in [-0.05, 0) is 6.07 Å². The maximum atomic E-state index is 5.53. The maximum Gasteiger partial charge on any atom is 0.244 e. The van der Waals surface area contributed by atoms with E-state index >= 15 is 0 Å². The predicted molar refractivity (Wildman–Crippen MR) is 95.2 cm³/mol. The molecule has 2 aromatic heterocycles. The summed E-state index contributed by atoms with van der Waals surface area (Å²) in [6.45, 7) is 0. The lowest BCUT2D eigenvalue weighted by molar-refractivity contribution is 0.371. The van der Waals surface area contributed by atoms with Gasteiger partial charge in [0.1, 0.15) is 18.4 Å². The number of hydrogen-bond acceptors (Lipinski definition) is 7. The Balaban J connectivity index is 2.13. The molecule has 0 radical (unpaired) electrons. The molecule has 0 amide bonds. The summed E-state index contributed by atoms with van der Waals surface area (Å²) in [4.78, 5) is 12.4. The number of rotatable bonds is 6. The van der Waals surface area contributed by atoms with Crippen LogP contribution in [-0.2, 0) is 0 Å². The van der Waals surface area contributed by atoms with Gasteiger partial charge < -0.3 is 14.5 Å². The molecule has 2 heterocycles. The van der Waals surface area contributed by atoms with Crippen LogP contribution in [0.5, 0.6) is 5.75 Å². The van der Waals surface area contributed by atoms with Gasteiger partial charge in [0.2, 0.25) is 11.9 Å². The van der Waals surface area contributed by atoms with Crippen LogP contribution in [-0.4, -0.2) is 64.8 Å². The Morgan fingerprint density at radius 1 is 0.880 bits per heavy atom. The fourth-order valence-corrected chi connectivity index (χ4v) is 2.46. The summed E-state index contributed by atoms with van der Waals surface area (Å²) in [5, 5.41) is 9.13. The highest BCUT2D eigenvalue weighted by Crippen LogP contribution is 2.29.